The lowest BCUT2D eigenvalue weighted by atomic mass is 10.1. The molecule has 2 aromatic heterocycles. The van der Waals surface area contributed by atoms with E-state index in [1.807, 2.05) is 0 Å². The van der Waals surface area contributed by atoms with Crippen LogP contribution >= 0.6 is 0 Å². The summed E-state index contributed by atoms with van der Waals surface area (Å²) in [4.78, 5) is 11.9. The van der Waals surface area contributed by atoms with Gasteiger partial charge in [-0.2, -0.15) is 0 Å². The Labute approximate surface area is 154 Å². The minimum atomic E-state index is -0.321. The van der Waals surface area contributed by atoms with Gasteiger partial charge in [-0.1, -0.05) is 5.16 Å². The predicted octanol–water partition coefficient (Wildman–Crippen LogP) is 3.05. The Bertz CT molecular complexity index is 950. The number of rotatable bonds is 6. The number of aryl methyl sites for hydroxylation is 1. The molecule has 1 aromatic carbocycles. The van der Waals surface area contributed by atoms with Gasteiger partial charge in [0.25, 0.3) is 5.91 Å². The number of aromatic nitrogens is 3. The Hall–Kier alpha value is -3.29. The zero-order chi connectivity index (χ0) is 18.8. The van der Waals surface area contributed by atoms with Crippen molar-refractivity contribution in [2.75, 3.05) is 0 Å². The van der Waals surface area contributed by atoms with E-state index in [1.54, 1.807) is 31.2 Å². The van der Waals surface area contributed by atoms with Gasteiger partial charge in [0.1, 0.15) is 23.9 Å². The van der Waals surface area contributed by atoms with E-state index in [0.717, 1.165) is 24.0 Å². The summed E-state index contributed by atoms with van der Waals surface area (Å²) in [5, 5.41) is 14.7. The van der Waals surface area contributed by atoms with Crippen molar-refractivity contribution in [3.8, 4) is 17.1 Å². The number of nitrogens with one attached hydrogen (secondary N) is 1. The zero-order valence-corrected chi connectivity index (χ0v) is 14.6. The van der Waals surface area contributed by atoms with Gasteiger partial charge in [0.15, 0.2) is 5.69 Å². The summed E-state index contributed by atoms with van der Waals surface area (Å²) in [6, 6.07) is 9.40. The summed E-state index contributed by atoms with van der Waals surface area (Å²) in [5.41, 5.74) is 2.30. The molecule has 0 aliphatic heterocycles. The second-order valence-corrected chi connectivity index (χ2v) is 6.37. The van der Waals surface area contributed by atoms with E-state index in [9.17, 15) is 9.18 Å². The highest BCUT2D eigenvalue weighted by Crippen LogP contribution is 2.26. The van der Waals surface area contributed by atoms with Gasteiger partial charge in [0, 0.05) is 17.7 Å². The summed E-state index contributed by atoms with van der Waals surface area (Å²) in [7, 11) is 0. The molecule has 1 aliphatic rings. The fourth-order valence-corrected chi connectivity index (χ4v) is 2.55. The fourth-order valence-electron chi connectivity index (χ4n) is 2.55. The van der Waals surface area contributed by atoms with Gasteiger partial charge in [-0.05, 0) is 50.1 Å². The van der Waals surface area contributed by atoms with E-state index in [2.05, 4.69) is 20.7 Å². The number of amides is 1. The average molecular weight is 368 g/mol. The third kappa shape index (κ3) is 3.94. The number of carbonyl (C=O) groups excluding carboxylic acids is 1. The maximum Gasteiger partial charge on any atom is 0.272 e. The number of halogens is 1. The quantitative estimate of drug-likeness (QED) is 0.719. The van der Waals surface area contributed by atoms with Crippen LogP contribution in [0.15, 0.2) is 40.9 Å². The third-order valence-corrected chi connectivity index (χ3v) is 4.25. The van der Waals surface area contributed by atoms with Crippen LogP contribution in [0.5, 0.6) is 5.88 Å². The van der Waals surface area contributed by atoms with E-state index >= 15 is 0 Å². The first kappa shape index (κ1) is 17.1. The normalized spacial score (nSPS) is 13.4. The predicted molar refractivity (Wildman–Crippen MR) is 93.5 cm³/mol. The lowest BCUT2D eigenvalue weighted by Crippen LogP contribution is -2.26. The molecule has 4 rings (SSSR count). The lowest BCUT2D eigenvalue weighted by Gasteiger charge is -2.06. The van der Waals surface area contributed by atoms with Gasteiger partial charge in [0.05, 0.1) is 5.56 Å². The largest absolute Gasteiger partial charge is 0.472 e. The van der Waals surface area contributed by atoms with Crippen LogP contribution in [-0.2, 0) is 6.61 Å². The summed E-state index contributed by atoms with van der Waals surface area (Å²) >= 11 is 0. The summed E-state index contributed by atoms with van der Waals surface area (Å²) in [5.74, 6) is 0.328. The van der Waals surface area contributed by atoms with Crippen LogP contribution in [0.1, 0.15) is 34.7 Å². The Morgan fingerprint density at radius 1 is 1.22 bits per heavy atom. The van der Waals surface area contributed by atoms with E-state index < -0.39 is 0 Å². The molecule has 8 heteroatoms. The second-order valence-electron chi connectivity index (χ2n) is 6.37. The van der Waals surface area contributed by atoms with Gasteiger partial charge >= 0.3 is 0 Å². The van der Waals surface area contributed by atoms with E-state index in [4.69, 9.17) is 9.26 Å². The van der Waals surface area contributed by atoms with Crippen LogP contribution in [-0.4, -0.2) is 27.3 Å². The smallest absolute Gasteiger partial charge is 0.272 e. The van der Waals surface area contributed by atoms with Gasteiger partial charge in [-0.25, -0.2) is 4.39 Å². The number of carbonyl (C=O) groups is 1. The molecule has 1 saturated carbocycles. The molecule has 1 fully saturated rings. The summed E-state index contributed by atoms with van der Waals surface area (Å²) in [6.45, 7) is 1.93. The van der Waals surface area contributed by atoms with Crippen molar-refractivity contribution in [3.05, 3.63) is 59.2 Å². The molecular formula is C19H17FN4O3. The van der Waals surface area contributed by atoms with Crippen LogP contribution in [0.2, 0.25) is 0 Å². The molecule has 0 spiro atoms. The van der Waals surface area contributed by atoms with Crippen molar-refractivity contribution in [1.29, 1.82) is 0 Å². The van der Waals surface area contributed by atoms with Crippen LogP contribution in [0.4, 0.5) is 4.39 Å². The van der Waals surface area contributed by atoms with Gasteiger partial charge in [-0.3, -0.25) is 4.79 Å². The molecule has 2 heterocycles. The molecule has 0 radical (unpaired) electrons. The van der Waals surface area contributed by atoms with Crippen LogP contribution in [0.25, 0.3) is 11.3 Å². The fraction of sp³-hybridized carbons (Fsp3) is 0.263. The first-order valence-electron chi connectivity index (χ1n) is 8.58. The maximum atomic E-state index is 13.1. The van der Waals surface area contributed by atoms with Crippen LogP contribution < -0.4 is 10.1 Å². The maximum absolute atomic E-state index is 13.1. The number of hydrogen-bond donors (Lipinski definition) is 1. The van der Waals surface area contributed by atoms with E-state index in [1.165, 1.54) is 12.1 Å². The van der Waals surface area contributed by atoms with Crippen molar-refractivity contribution >= 4 is 5.91 Å². The molecule has 1 amide bonds. The number of ether oxygens (including phenoxy) is 1. The van der Waals surface area contributed by atoms with Crippen LogP contribution in [0.3, 0.4) is 0 Å². The molecule has 0 bridgehead atoms. The summed E-state index contributed by atoms with van der Waals surface area (Å²) < 4.78 is 24.0. The second kappa shape index (κ2) is 7.14. The molecule has 138 valence electrons. The number of hydrogen-bond acceptors (Lipinski definition) is 6. The highest BCUT2D eigenvalue weighted by Gasteiger charge is 2.24. The molecule has 0 atom stereocenters. The first-order valence-corrected chi connectivity index (χ1v) is 8.58. The van der Waals surface area contributed by atoms with Gasteiger partial charge in [-0.15, -0.1) is 10.2 Å². The molecule has 0 saturated heterocycles. The average Bonchev–Trinajstić information content (AvgIpc) is 3.42. The Balaban J connectivity index is 1.45. The minimum Gasteiger partial charge on any atom is -0.472 e. The third-order valence-electron chi connectivity index (χ3n) is 4.25. The SMILES string of the molecule is Cc1onc(-c2ccc(F)cc2)c1COc1ccc(C(=O)NC2CC2)nn1. The summed E-state index contributed by atoms with van der Waals surface area (Å²) in [6.07, 6.45) is 2.02. The zero-order valence-electron chi connectivity index (χ0n) is 14.6. The molecule has 27 heavy (non-hydrogen) atoms. The van der Waals surface area contributed by atoms with Crippen LogP contribution in [0, 0.1) is 12.7 Å². The topological polar surface area (TPSA) is 90.1 Å². The molecule has 1 aliphatic carbocycles. The Morgan fingerprint density at radius 2 is 2.00 bits per heavy atom. The van der Waals surface area contributed by atoms with Crippen molar-refractivity contribution in [1.82, 2.24) is 20.7 Å². The van der Waals surface area contributed by atoms with Crippen molar-refractivity contribution in [2.24, 2.45) is 0 Å². The monoisotopic (exact) mass is 368 g/mol. The Kier molecular flexibility index (Phi) is 4.53. The molecule has 0 unspecified atom stereocenters. The molecule has 7 nitrogen and oxygen atoms in total. The molecular weight excluding hydrogens is 351 g/mol. The standard InChI is InChI=1S/C19H17FN4O3/c1-11-15(18(24-27-11)12-2-4-13(20)5-3-12)10-26-17-9-8-16(22-23-17)19(25)21-14-6-7-14/h2-5,8-9,14H,6-7,10H2,1H3,(H,21,25). The molecule has 1 N–H and O–H groups in total. The minimum absolute atomic E-state index is 0.157. The van der Waals surface area contributed by atoms with Gasteiger partial charge < -0.3 is 14.6 Å². The van der Waals surface area contributed by atoms with Crippen molar-refractivity contribution in [2.45, 2.75) is 32.4 Å². The van der Waals surface area contributed by atoms with Crippen molar-refractivity contribution < 1.29 is 18.4 Å². The highest BCUT2D eigenvalue weighted by molar-refractivity contribution is 5.92. The lowest BCUT2D eigenvalue weighted by molar-refractivity contribution is 0.0944. The molecule has 3 aromatic rings. The van der Waals surface area contributed by atoms with E-state index in [0.29, 0.717) is 11.5 Å². The van der Waals surface area contributed by atoms with Crippen molar-refractivity contribution in [3.63, 3.8) is 0 Å². The van der Waals surface area contributed by atoms with Gasteiger partial charge in [0.2, 0.25) is 5.88 Å². The Morgan fingerprint density at radius 3 is 2.67 bits per heavy atom. The highest BCUT2D eigenvalue weighted by atomic mass is 19.1. The van der Waals surface area contributed by atoms with E-state index in [-0.39, 0.29) is 35.9 Å². The number of benzene rings is 1. The number of nitrogens with zero attached hydrogens (tertiary/aromatic N) is 3. The first-order chi connectivity index (χ1) is 13.1.